The SMILES string of the molecule is CCOc1ccccc1C1CCN(C(=O)c2sc(C)nc2C)CC1. The van der Waals surface area contributed by atoms with E-state index in [-0.39, 0.29) is 5.91 Å². The van der Waals surface area contributed by atoms with Crippen molar-refractivity contribution >= 4 is 17.2 Å². The number of ether oxygens (including phenoxy) is 1. The Balaban J connectivity index is 1.68. The van der Waals surface area contributed by atoms with Gasteiger partial charge in [0.15, 0.2) is 0 Å². The summed E-state index contributed by atoms with van der Waals surface area (Å²) in [6.07, 6.45) is 1.96. The molecule has 4 nitrogen and oxygen atoms in total. The van der Waals surface area contributed by atoms with Gasteiger partial charge < -0.3 is 9.64 Å². The van der Waals surface area contributed by atoms with E-state index in [0.29, 0.717) is 12.5 Å². The standard InChI is InChI=1S/C19H24N2O2S/c1-4-23-17-8-6-5-7-16(17)15-9-11-21(12-10-15)19(22)18-13(2)20-14(3)24-18/h5-8,15H,4,9-12H2,1-3H3. The van der Waals surface area contributed by atoms with Crippen molar-refractivity contribution in [3.63, 3.8) is 0 Å². The lowest BCUT2D eigenvalue weighted by molar-refractivity contribution is 0.0716. The van der Waals surface area contributed by atoms with E-state index >= 15 is 0 Å². The van der Waals surface area contributed by atoms with E-state index in [1.807, 2.05) is 37.8 Å². The van der Waals surface area contributed by atoms with Gasteiger partial charge in [-0.1, -0.05) is 18.2 Å². The number of benzene rings is 1. The molecule has 2 aromatic rings. The smallest absolute Gasteiger partial charge is 0.265 e. The summed E-state index contributed by atoms with van der Waals surface area (Å²) in [6, 6.07) is 8.28. The Morgan fingerprint density at radius 3 is 2.62 bits per heavy atom. The molecule has 0 unspecified atom stereocenters. The van der Waals surface area contributed by atoms with Gasteiger partial charge in [0.25, 0.3) is 5.91 Å². The largest absolute Gasteiger partial charge is 0.494 e. The number of hydrogen-bond donors (Lipinski definition) is 0. The van der Waals surface area contributed by atoms with Crippen LogP contribution >= 0.6 is 11.3 Å². The van der Waals surface area contributed by atoms with E-state index in [4.69, 9.17) is 4.74 Å². The highest BCUT2D eigenvalue weighted by Crippen LogP contribution is 2.35. The first kappa shape index (κ1) is 17.0. The average Bonchev–Trinajstić information content (AvgIpc) is 2.93. The number of amides is 1. The van der Waals surface area contributed by atoms with E-state index < -0.39 is 0 Å². The second-order valence-corrected chi connectivity index (χ2v) is 7.39. The zero-order valence-corrected chi connectivity index (χ0v) is 15.4. The summed E-state index contributed by atoms with van der Waals surface area (Å²) in [5, 5.41) is 0.955. The number of likely N-dealkylation sites (tertiary alicyclic amines) is 1. The quantitative estimate of drug-likeness (QED) is 0.835. The summed E-state index contributed by atoms with van der Waals surface area (Å²) in [4.78, 5) is 19.9. The number of piperidine rings is 1. The van der Waals surface area contributed by atoms with E-state index in [9.17, 15) is 4.79 Å². The van der Waals surface area contributed by atoms with Gasteiger partial charge in [-0.25, -0.2) is 4.98 Å². The third-order valence-corrected chi connectivity index (χ3v) is 5.60. The fraction of sp³-hybridized carbons (Fsp3) is 0.474. The third-order valence-electron chi connectivity index (χ3n) is 4.54. The number of rotatable bonds is 4. The lowest BCUT2D eigenvalue weighted by atomic mass is 9.88. The van der Waals surface area contributed by atoms with Crippen LogP contribution in [0.4, 0.5) is 0 Å². The van der Waals surface area contributed by atoms with Gasteiger partial charge in [-0.2, -0.15) is 0 Å². The Bertz CT molecular complexity index is 718. The van der Waals surface area contributed by atoms with E-state index in [2.05, 4.69) is 17.1 Å². The Morgan fingerprint density at radius 1 is 1.29 bits per heavy atom. The molecule has 1 aliphatic heterocycles. The topological polar surface area (TPSA) is 42.4 Å². The number of aryl methyl sites for hydroxylation is 2. The van der Waals surface area contributed by atoms with Crippen LogP contribution in [-0.4, -0.2) is 35.5 Å². The fourth-order valence-corrected chi connectivity index (χ4v) is 4.26. The van der Waals surface area contributed by atoms with Gasteiger partial charge in [0.1, 0.15) is 10.6 Å². The summed E-state index contributed by atoms with van der Waals surface area (Å²) in [5.41, 5.74) is 2.13. The van der Waals surface area contributed by atoms with Crippen LogP contribution in [0.15, 0.2) is 24.3 Å². The zero-order chi connectivity index (χ0) is 17.1. The molecule has 0 aliphatic carbocycles. The summed E-state index contributed by atoms with van der Waals surface area (Å²) in [6.45, 7) is 8.14. The van der Waals surface area contributed by atoms with Crippen molar-refractivity contribution in [2.24, 2.45) is 0 Å². The molecule has 0 atom stereocenters. The highest BCUT2D eigenvalue weighted by Gasteiger charge is 2.27. The minimum atomic E-state index is 0.134. The van der Waals surface area contributed by atoms with E-state index in [1.54, 1.807) is 0 Å². The van der Waals surface area contributed by atoms with Gasteiger partial charge in [0.2, 0.25) is 0 Å². The molecule has 1 saturated heterocycles. The van der Waals surface area contributed by atoms with Crippen LogP contribution in [0.1, 0.15) is 51.6 Å². The molecule has 1 aromatic carbocycles. The van der Waals surface area contributed by atoms with Crippen LogP contribution in [0.2, 0.25) is 0 Å². The maximum atomic E-state index is 12.7. The molecule has 0 bridgehead atoms. The maximum absolute atomic E-state index is 12.7. The van der Waals surface area contributed by atoms with Crippen LogP contribution < -0.4 is 4.74 Å². The molecule has 128 valence electrons. The van der Waals surface area contributed by atoms with Gasteiger partial charge in [0, 0.05) is 13.1 Å². The number of carbonyl (C=O) groups excluding carboxylic acids is 1. The number of aromatic nitrogens is 1. The first-order chi connectivity index (χ1) is 11.6. The predicted octanol–water partition coefficient (Wildman–Crippen LogP) is 4.18. The van der Waals surface area contributed by atoms with Crippen molar-refractivity contribution in [2.75, 3.05) is 19.7 Å². The van der Waals surface area contributed by atoms with Crippen LogP contribution in [0.5, 0.6) is 5.75 Å². The van der Waals surface area contributed by atoms with Crippen molar-refractivity contribution in [2.45, 2.75) is 39.5 Å². The summed E-state index contributed by atoms with van der Waals surface area (Å²) in [7, 11) is 0. The van der Waals surface area contributed by atoms with Crippen LogP contribution in [0.25, 0.3) is 0 Å². The number of thiazole rings is 1. The van der Waals surface area contributed by atoms with Crippen molar-refractivity contribution in [1.29, 1.82) is 0 Å². The van der Waals surface area contributed by atoms with Crippen LogP contribution in [-0.2, 0) is 0 Å². The molecular formula is C19H24N2O2S. The molecule has 2 heterocycles. The first-order valence-electron chi connectivity index (χ1n) is 8.55. The molecule has 1 fully saturated rings. The Morgan fingerprint density at radius 2 is 2.00 bits per heavy atom. The summed E-state index contributed by atoms with van der Waals surface area (Å²) >= 11 is 1.50. The average molecular weight is 344 g/mol. The lowest BCUT2D eigenvalue weighted by Crippen LogP contribution is -2.37. The summed E-state index contributed by atoms with van der Waals surface area (Å²) in [5.74, 6) is 1.58. The first-order valence-corrected chi connectivity index (χ1v) is 9.36. The van der Waals surface area contributed by atoms with Gasteiger partial charge in [-0.15, -0.1) is 11.3 Å². The van der Waals surface area contributed by atoms with Gasteiger partial charge in [-0.05, 0) is 51.2 Å². The van der Waals surface area contributed by atoms with E-state index in [0.717, 1.165) is 47.3 Å². The minimum absolute atomic E-state index is 0.134. The van der Waals surface area contributed by atoms with Gasteiger partial charge >= 0.3 is 0 Å². The van der Waals surface area contributed by atoms with Crippen molar-refractivity contribution < 1.29 is 9.53 Å². The van der Waals surface area contributed by atoms with Gasteiger partial charge in [0.05, 0.1) is 17.3 Å². The molecule has 24 heavy (non-hydrogen) atoms. The molecule has 3 rings (SSSR count). The lowest BCUT2D eigenvalue weighted by Gasteiger charge is -2.32. The predicted molar refractivity (Wildman–Crippen MR) is 97.1 cm³/mol. The van der Waals surface area contributed by atoms with E-state index in [1.165, 1.54) is 16.9 Å². The molecule has 0 saturated carbocycles. The normalized spacial score (nSPS) is 15.5. The van der Waals surface area contributed by atoms with Crippen LogP contribution in [0, 0.1) is 13.8 Å². The molecule has 1 aliphatic rings. The molecule has 0 N–H and O–H groups in total. The zero-order valence-electron chi connectivity index (χ0n) is 14.5. The highest BCUT2D eigenvalue weighted by atomic mass is 32.1. The molecule has 0 radical (unpaired) electrons. The molecule has 0 spiro atoms. The third kappa shape index (κ3) is 3.46. The maximum Gasteiger partial charge on any atom is 0.265 e. The molecule has 1 aromatic heterocycles. The minimum Gasteiger partial charge on any atom is -0.494 e. The molecular weight excluding hydrogens is 320 g/mol. The Kier molecular flexibility index (Phi) is 5.19. The number of para-hydroxylation sites is 1. The van der Waals surface area contributed by atoms with Crippen molar-refractivity contribution in [1.82, 2.24) is 9.88 Å². The Hall–Kier alpha value is -1.88. The van der Waals surface area contributed by atoms with Crippen molar-refractivity contribution in [3.05, 3.63) is 45.4 Å². The molecule has 1 amide bonds. The second kappa shape index (κ2) is 7.34. The van der Waals surface area contributed by atoms with Crippen molar-refractivity contribution in [3.8, 4) is 5.75 Å². The Labute approximate surface area is 147 Å². The summed E-state index contributed by atoms with van der Waals surface area (Å²) < 4.78 is 5.77. The number of nitrogens with zero attached hydrogens (tertiary/aromatic N) is 2. The highest BCUT2D eigenvalue weighted by molar-refractivity contribution is 7.13. The second-order valence-electron chi connectivity index (χ2n) is 6.18. The van der Waals surface area contributed by atoms with Gasteiger partial charge in [-0.3, -0.25) is 4.79 Å². The van der Waals surface area contributed by atoms with Crippen LogP contribution in [0.3, 0.4) is 0 Å². The number of carbonyl (C=O) groups is 1. The molecule has 5 heteroatoms. The number of hydrogen-bond acceptors (Lipinski definition) is 4. The fourth-order valence-electron chi connectivity index (χ4n) is 3.37. The monoisotopic (exact) mass is 344 g/mol.